The molecule has 3 N–H and O–H groups in total. The number of para-hydroxylation sites is 1. The maximum atomic E-state index is 12.9. The van der Waals surface area contributed by atoms with Gasteiger partial charge in [-0.2, -0.15) is 0 Å². The summed E-state index contributed by atoms with van der Waals surface area (Å²) in [5.74, 6) is 0.0819. The third-order valence-electron chi connectivity index (χ3n) is 5.58. The third kappa shape index (κ3) is 5.58. The zero-order chi connectivity index (χ0) is 26.5. The van der Waals surface area contributed by atoms with Crippen LogP contribution in [0.1, 0.15) is 10.4 Å². The van der Waals surface area contributed by atoms with Gasteiger partial charge in [0.15, 0.2) is 5.11 Å². The molecule has 3 aromatic carbocycles. The Bertz CT molecular complexity index is 1650. The van der Waals surface area contributed by atoms with Crippen molar-refractivity contribution >= 4 is 57.0 Å². The number of nitro benzene ring substituents is 1. The number of benzene rings is 3. The number of nitrogens with zero attached hydrogens (tertiary/aromatic N) is 4. The van der Waals surface area contributed by atoms with Crippen molar-refractivity contribution in [3.8, 4) is 11.3 Å². The Hall–Kier alpha value is -5.29. The van der Waals surface area contributed by atoms with E-state index >= 15 is 0 Å². The van der Waals surface area contributed by atoms with E-state index in [-0.39, 0.29) is 11.6 Å². The highest BCUT2D eigenvalue weighted by molar-refractivity contribution is 7.80. The lowest BCUT2D eigenvalue weighted by molar-refractivity contribution is -0.384. The van der Waals surface area contributed by atoms with Crippen LogP contribution in [0.5, 0.6) is 0 Å². The second kappa shape index (κ2) is 10.8. The number of carbonyl (C=O) groups excluding carboxylic acids is 1. The Morgan fingerprint density at radius 2 is 1.50 bits per heavy atom. The van der Waals surface area contributed by atoms with Gasteiger partial charge in [0.25, 0.3) is 11.6 Å². The molecule has 5 rings (SSSR count). The SMILES string of the molecule is O=C(Nc1cc(-c2ccc(NC(=S)Nc3ccc([N+](=O)[O-])cc3)cc2)ncn1)c1ccnc2ccccc12. The fraction of sp³-hybridized carbons (Fsp3) is 0. The number of pyridine rings is 1. The molecule has 0 unspecified atom stereocenters. The summed E-state index contributed by atoms with van der Waals surface area (Å²) in [6, 6.07) is 24.2. The summed E-state index contributed by atoms with van der Waals surface area (Å²) in [4.78, 5) is 36.1. The van der Waals surface area contributed by atoms with Crippen LogP contribution in [0.2, 0.25) is 0 Å². The fourth-order valence-electron chi connectivity index (χ4n) is 3.75. The topological polar surface area (TPSA) is 135 Å². The van der Waals surface area contributed by atoms with Crippen molar-refractivity contribution in [1.29, 1.82) is 0 Å². The lowest BCUT2D eigenvalue weighted by Crippen LogP contribution is -2.18. The molecule has 10 nitrogen and oxygen atoms in total. The lowest BCUT2D eigenvalue weighted by Gasteiger charge is -2.11. The molecular weight excluding hydrogens is 502 g/mol. The number of anilines is 3. The number of nitrogens with one attached hydrogen (secondary N) is 3. The molecule has 0 saturated heterocycles. The molecule has 0 spiro atoms. The second-order valence-electron chi connectivity index (χ2n) is 8.08. The maximum Gasteiger partial charge on any atom is 0.269 e. The van der Waals surface area contributed by atoms with E-state index < -0.39 is 4.92 Å². The molecule has 38 heavy (non-hydrogen) atoms. The van der Waals surface area contributed by atoms with Crippen LogP contribution in [0, 0.1) is 10.1 Å². The van der Waals surface area contributed by atoms with E-state index in [0.29, 0.717) is 27.9 Å². The minimum absolute atomic E-state index is 0.00308. The van der Waals surface area contributed by atoms with Crippen molar-refractivity contribution in [2.24, 2.45) is 0 Å². The molecule has 0 aliphatic heterocycles. The first-order chi connectivity index (χ1) is 18.5. The molecule has 0 atom stereocenters. The molecule has 5 aromatic rings. The van der Waals surface area contributed by atoms with Crippen LogP contribution in [-0.2, 0) is 0 Å². The molecule has 0 fully saturated rings. The Balaban J connectivity index is 1.24. The summed E-state index contributed by atoms with van der Waals surface area (Å²) in [7, 11) is 0. The number of fused-ring (bicyclic) bond motifs is 1. The van der Waals surface area contributed by atoms with Gasteiger partial charge in [0.2, 0.25) is 0 Å². The zero-order valence-electron chi connectivity index (χ0n) is 19.7. The van der Waals surface area contributed by atoms with Gasteiger partial charge in [-0.05, 0) is 48.6 Å². The Morgan fingerprint density at radius 1 is 0.816 bits per heavy atom. The summed E-state index contributed by atoms with van der Waals surface area (Å²) < 4.78 is 0. The molecular formula is C27H19N7O3S. The Labute approximate surface area is 221 Å². The monoisotopic (exact) mass is 521 g/mol. The Morgan fingerprint density at radius 3 is 2.21 bits per heavy atom. The molecule has 1 amide bonds. The number of carbonyl (C=O) groups is 1. The minimum Gasteiger partial charge on any atom is -0.332 e. The third-order valence-corrected chi connectivity index (χ3v) is 5.78. The first kappa shape index (κ1) is 24.4. The second-order valence-corrected chi connectivity index (χ2v) is 8.49. The van der Waals surface area contributed by atoms with Crippen molar-refractivity contribution in [2.75, 3.05) is 16.0 Å². The number of rotatable bonds is 6. The van der Waals surface area contributed by atoms with Crippen LogP contribution in [0.4, 0.5) is 22.9 Å². The van der Waals surface area contributed by atoms with Crippen LogP contribution >= 0.6 is 12.2 Å². The molecule has 2 aromatic heterocycles. The number of aromatic nitrogens is 3. The lowest BCUT2D eigenvalue weighted by atomic mass is 10.1. The predicted octanol–water partition coefficient (Wildman–Crippen LogP) is 5.66. The largest absolute Gasteiger partial charge is 0.332 e. The molecule has 186 valence electrons. The van der Waals surface area contributed by atoms with Crippen molar-refractivity contribution in [2.45, 2.75) is 0 Å². The molecule has 2 heterocycles. The average Bonchev–Trinajstić information content (AvgIpc) is 2.93. The van der Waals surface area contributed by atoms with E-state index in [1.807, 2.05) is 48.5 Å². The molecule has 0 aliphatic carbocycles. The molecule has 0 radical (unpaired) electrons. The highest BCUT2D eigenvalue weighted by Crippen LogP contribution is 2.23. The first-order valence-corrected chi connectivity index (χ1v) is 11.8. The Kier molecular flexibility index (Phi) is 6.91. The molecule has 11 heteroatoms. The van der Waals surface area contributed by atoms with Crippen LogP contribution in [0.25, 0.3) is 22.2 Å². The number of thiocarbonyl (C=S) groups is 1. The van der Waals surface area contributed by atoms with E-state index in [2.05, 4.69) is 30.9 Å². The summed E-state index contributed by atoms with van der Waals surface area (Å²) in [5.41, 5.74) is 4.05. The van der Waals surface area contributed by atoms with Gasteiger partial charge in [0, 0.05) is 46.7 Å². The van der Waals surface area contributed by atoms with Crippen LogP contribution < -0.4 is 16.0 Å². The van der Waals surface area contributed by atoms with Crippen LogP contribution in [0.3, 0.4) is 0 Å². The van der Waals surface area contributed by atoms with E-state index in [0.717, 1.165) is 22.2 Å². The van der Waals surface area contributed by atoms with Gasteiger partial charge in [-0.1, -0.05) is 30.3 Å². The van der Waals surface area contributed by atoms with Gasteiger partial charge in [0.1, 0.15) is 12.1 Å². The fourth-order valence-corrected chi connectivity index (χ4v) is 3.98. The summed E-state index contributed by atoms with van der Waals surface area (Å²) in [5, 5.41) is 20.8. The average molecular weight is 522 g/mol. The number of nitro groups is 1. The van der Waals surface area contributed by atoms with E-state index in [1.54, 1.807) is 30.5 Å². The molecule has 0 saturated carbocycles. The van der Waals surface area contributed by atoms with E-state index in [4.69, 9.17) is 12.2 Å². The number of non-ortho nitro benzene ring substituents is 1. The van der Waals surface area contributed by atoms with Crippen molar-refractivity contribution in [3.63, 3.8) is 0 Å². The quantitative estimate of drug-likeness (QED) is 0.147. The highest BCUT2D eigenvalue weighted by atomic mass is 32.1. The molecule has 0 aliphatic rings. The van der Waals surface area contributed by atoms with Gasteiger partial charge in [-0.15, -0.1) is 0 Å². The van der Waals surface area contributed by atoms with Crippen molar-refractivity contribution in [3.05, 3.63) is 113 Å². The predicted molar refractivity (Wildman–Crippen MR) is 150 cm³/mol. The van der Waals surface area contributed by atoms with Gasteiger partial charge >= 0.3 is 0 Å². The first-order valence-electron chi connectivity index (χ1n) is 11.4. The van der Waals surface area contributed by atoms with Crippen LogP contribution in [-0.4, -0.2) is 30.9 Å². The van der Waals surface area contributed by atoms with Gasteiger partial charge in [0.05, 0.1) is 21.7 Å². The van der Waals surface area contributed by atoms with Gasteiger partial charge in [-0.3, -0.25) is 19.9 Å². The maximum absolute atomic E-state index is 12.9. The van der Waals surface area contributed by atoms with Crippen molar-refractivity contribution < 1.29 is 9.72 Å². The number of amides is 1. The normalized spacial score (nSPS) is 10.5. The summed E-state index contributed by atoms with van der Waals surface area (Å²) >= 11 is 5.33. The minimum atomic E-state index is -0.459. The summed E-state index contributed by atoms with van der Waals surface area (Å²) in [6.45, 7) is 0. The van der Waals surface area contributed by atoms with Gasteiger partial charge < -0.3 is 16.0 Å². The standard InChI is InChI=1S/C27H19N7O3S/c35-26(22-13-14-28-23-4-2-1-3-21(22)23)33-25-15-24(29-16-30-25)17-5-7-18(8-6-17)31-27(38)32-19-9-11-20(12-10-19)34(36)37/h1-16H,(H2,31,32,38)(H,29,30,33,35). The zero-order valence-corrected chi connectivity index (χ0v) is 20.5. The molecule has 0 bridgehead atoms. The van der Waals surface area contributed by atoms with Crippen molar-refractivity contribution in [1.82, 2.24) is 15.0 Å². The smallest absolute Gasteiger partial charge is 0.269 e. The summed E-state index contributed by atoms with van der Waals surface area (Å²) in [6.07, 6.45) is 3.00. The van der Waals surface area contributed by atoms with Crippen LogP contribution in [0.15, 0.2) is 97.5 Å². The van der Waals surface area contributed by atoms with E-state index in [1.165, 1.54) is 18.5 Å². The highest BCUT2D eigenvalue weighted by Gasteiger charge is 2.12. The number of hydrogen-bond acceptors (Lipinski definition) is 7. The van der Waals surface area contributed by atoms with E-state index in [9.17, 15) is 14.9 Å². The number of hydrogen-bond donors (Lipinski definition) is 3. The van der Waals surface area contributed by atoms with Gasteiger partial charge in [-0.25, -0.2) is 9.97 Å².